The zero-order chi connectivity index (χ0) is 12.0. The lowest BCUT2D eigenvalue weighted by Crippen LogP contribution is -2.42. The van der Waals surface area contributed by atoms with E-state index in [1.807, 2.05) is 6.92 Å². The van der Waals surface area contributed by atoms with E-state index in [0.29, 0.717) is 12.5 Å². The van der Waals surface area contributed by atoms with Crippen molar-refractivity contribution in [2.45, 2.75) is 45.8 Å². The molecule has 1 amide bonds. The molecule has 2 N–H and O–H groups in total. The Morgan fingerprint density at radius 1 is 1.50 bits per heavy atom. The van der Waals surface area contributed by atoms with E-state index in [9.17, 15) is 4.79 Å². The lowest BCUT2D eigenvalue weighted by atomic mass is 10.1. The molecule has 0 aliphatic carbocycles. The average molecular weight is 228 g/mol. The van der Waals surface area contributed by atoms with E-state index in [1.165, 1.54) is 0 Å². The normalized spacial score (nSPS) is 22.4. The van der Waals surface area contributed by atoms with E-state index in [-0.39, 0.29) is 18.1 Å². The third kappa shape index (κ3) is 4.94. The molecule has 1 saturated heterocycles. The van der Waals surface area contributed by atoms with Gasteiger partial charge in [0.25, 0.3) is 0 Å². The van der Waals surface area contributed by atoms with Crippen molar-refractivity contribution in [3.8, 4) is 0 Å². The van der Waals surface area contributed by atoms with E-state index in [1.54, 1.807) is 0 Å². The van der Waals surface area contributed by atoms with Crippen molar-refractivity contribution in [2.75, 3.05) is 19.7 Å². The molecule has 94 valence electrons. The number of carbonyl (C=O) groups is 1. The molecule has 0 spiro atoms. The van der Waals surface area contributed by atoms with Gasteiger partial charge in [-0.3, -0.25) is 4.79 Å². The Morgan fingerprint density at radius 2 is 2.25 bits per heavy atom. The first-order chi connectivity index (χ1) is 7.59. The molecule has 16 heavy (non-hydrogen) atoms. The van der Waals surface area contributed by atoms with Crippen LogP contribution in [-0.2, 0) is 9.53 Å². The van der Waals surface area contributed by atoms with Crippen LogP contribution in [0.1, 0.15) is 33.6 Å². The molecule has 0 aromatic carbocycles. The Labute approximate surface area is 98.1 Å². The fourth-order valence-corrected chi connectivity index (χ4v) is 1.65. The lowest BCUT2D eigenvalue weighted by Gasteiger charge is -2.17. The summed E-state index contributed by atoms with van der Waals surface area (Å²) in [6, 6.07) is 0.281. The molecule has 4 heteroatoms. The molecule has 1 rings (SSSR count). The molecule has 1 aliphatic rings. The second kappa shape index (κ2) is 6.86. The molecule has 0 bridgehead atoms. The van der Waals surface area contributed by atoms with Crippen LogP contribution in [0.2, 0.25) is 0 Å². The minimum atomic E-state index is -0.334. The van der Waals surface area contributed by atoms with Gasteiger partial charge in [-0.2, -0.15) is 0 Å². The molecule has 1 fully saturated rings. The summed E-state index contributed by atoms with van der Waals surface area (Å²) in [4.78, 5) is 11.7. The Kier molecular flexibility index (Phi) is 5.77. The van der Waals surface area contributed by atoms with Gasteiger partial charge in [0.15, 0.2) is 0 Å². The van der Waals surface area contributed by atoms with Gasteiger partial charge in [0.05, 0.1) is 0 Å². The quantitative estimate of drug-likeness (QED) is 0.710. The number of nitrogens with one attached hydrogen (secondary N) is 2. The Morgan fingerprint density at radius 3 is 2.81 bits per heavy atom. The first-order valence-electron chi connectivity index (χ1n) is 6.22. The van der Waals surface area contributed by atoms with E-state index in [0.717, 1.165) is 25.9 Å². The molecular formula is C12H24N2O2. The number of ether oxygens (including phenoxy) is 1. The SMILES string of the molecule is CC(C)CCOC(C)C(=O)NC1CCNC1. The summed E-state index contributed by atoms with van der Waals surface area (Å²) < 4.78 is 5.49. The first-order valence-corrected chi connectivity index (χ1v) is 6.22. The van der Waals surface area contributed by atoms with E-state index < -0.39 is 0 Å². The monoisotopic (exact) mass is 228 g/mol. The molecular weight excluding hydrogens is 204 g/mol. The zero-order valence-electron chi connectivity index (χ0n) is 10.6. The van der Waals surface area contributed by atoms with E-state index >= 15 is 0 Å². The minimum absolute atomic E-state index is 0.0115. The Hall–Kier alpha value is -0.610. The standard InChI is InChI=1S/C12H24N2O2/c1-9(2)5-7-16-10(3)12(15)14-11-4-6-13-8-11/h9-11,13H,4-8H2,1-3H3,(H,14,15). The molecule has 0 aromatic rings. The van der Waals surface area contributed by atoms with Crippen molar-refractivity contribution in [3.05, 3.63) is 0 Å². The summed E-state index contributed by atoms with van der Waals surface area (Å²) in [5.41, 5.74) is 0. The third-order valence-corrected chi connectivity index (χ3v) is 2.84. The minimum Gasteiger partial charge on any atom is -0.369 e. The van der Waals surface area contributed by atoms with E-state index in [2.05, 4.69) is 24.5 Å². The molecule has 0 saturated carbocycles. The summed E-state index contributed by atoms with van der Waals surface area (Å²) >= 11 is 0. The van der Waals surface area contributed by atoms with E-state index in [4.69, 9.17) is 4.74 Å². The number of rotatable bonds is 6. The van der Waals surface area contributed by atoms with Gasteiger partial charge in [-0.05, 0) is 32.2 Å². The van der Waals surface area contributed by atoms with Crippen molar-refractivity contribution in [1.29, 1.82) is 0 Å². The average Bonchev–Trinajstić information content (AvgIpc) is 2.69. The Balaban J connectivity index is 2.14. The molecule has 1 aliphatic heterocycles. The molecule has 1 heterocycles. The van der Waals surface area contributed by atoms with Crippen LogP contribution in [0.15, 0.2) is 0 Å². The predicted octanol–water partition coefficient (Wildman–Crippen LogP) is 0.916. The van der Waals surface area contributed by atoms with Crippen molar-refractivity contribution in [2.24, 2.45) is 5.92 Å². The highest BCUT2D eigenvalue weighted by atomic mass is 16.5. The van der Waals surface area contributed by atoms with Gasteiger partial charge in [-0.15, -0.1) is 0 Å². The summed E-state index contributed by atoms with van der Waals surface area (Å²) in [6.45, 7) is 8.65. The number of amides is 1. The maximum Gasteiger partial charge on any atom is 0.249 e. The summed E-state index contributed by atoms with van der Waals surface area (Å²) in [5.74, 6) is 0.631. The molecule has 4 nitrogen and oxygen atoms in total. The first kappa shape index (κ1) is 13.5. The Bertz CT molecular complexity index is 213. The molecule has 2 atom stereocenters. The highest BCUT2D eigenvalue weighted by Crippen LogP contribution is 2.03. The fraction of sp³-hybridized carbons (Fsp3) is 0.917. The van der Waals surface area contributed by atoms with Gasteiger partial charge >= 0.3 is 0 Å². The van der Waals surface area contributed by atoms with Crippen molar-refractivity contribution in [1.82, 2.24) is 10.6 Å². The van der Waals surface area contributed by atoms with Crippen LogP contribution in [0.4, 0.5) is 0 Å². The molecule has 0 radical (unpaired) electrons. The van der Waals surface area contributed by atoms with Crippen LogP contribution in [-0.4, -0.2) is 37.7 Å². The van der Waals surface area contributed by atoms with Gasteiger partial charge in [0, 0.05) is 19.2 Å². The second-order valence-electron chi connectivity index (χ2n) is 4.89. The summed E-state index contributed by atoms with van der Waals surface area (Å²) in [5, 5.41) is 6.21. The molecule has 0 aromatic heterocycles. The lowest BCUT2D eigenvalue weighted by molar-refractivity contribution is -0.132. The van der Waals surface area contributed by atoms with Crippen LogP contribution in [0.25, 0.3) is 0 Å². The van der Waals surface area contributed by atoms with Crippen LogP contribution in [0.3, 0.4) is 0 Å². The fourth-order valence-electron chi connectivity index (χ4n) is 1.65. The van der Waals surface area contributed by atoms with Crippen LogP contribution < -0.4 is 10.6 Å². The topological polar surface area (TPSA) is 50.4 Å². The zero-order valence-corrected chi connectivity index (χ0v) is 10.6. The van der Waals surface area contributed by atoms with Gasteiger partial charge in [0.2, 0.25) is 5.91 Å². The van der Waals surface area contributed by atoms with Gasteiger partial charge < -0.3 is 15.4 Å². The highest BCUT2D eigenvalue weighted by molar-refractivity contribution is 5.80. The maximum atomic E-state index is 11.7. The number of hydrogen-bond acceptors (Lipinski definition) is 3. The van der Waals surface area contributed by atoms with Crippen molar-refractivity contribution in [3.63, 3.8) is 0 Å². The van der Waals surface area contributed by atoms with Crippen LogP contribution in [0.5, 0.6) is 0 Å². The van der Waals surface area contributed by atoms with Gasteiger partial charge in [0.1, 0.15) is 6.10 Å². The molecule has 2 unspecified atom stereocenters. The highest BCUT2D eigenvalue weighted by Gasteiger charge is 2.20. The summed E-state index contributed by atoms with van der Waals surface area (Å²) in [6.07, 6.45) is 1.69. The van der Waals surface area contributed by atoms with Crippen molar-refractivity contribution < 1.29 is 9.53 Å². The summed E-state index contributed by atoms with van der Waals surface area (Å²) in [7, 11) is 0. The number of carbonyl (C=O) groups excluding carboxylic acids is 1. The van der Waals surface area contributed by atoms with Gasteiger partial charge in [-0.1, -0.05) is 13.8 Å². The van der Waals surface area contributed by atoms with Gasteiger partial charge in [-0.25, -0.2) is 0 Å². The van der Waals surface area contributed by atoms with Crippen LogP contribution in [0, 0.1) is 5.92 Å². The smallest absolute Gasteiger partial charge is 0.249 e. The third-order valence-electron chi connectivity index (χ3n) is 2.84. The largest absolute Gasteiger partial charge is 0.369 e. The predicted molar refractivity (Wildman–Crippen MR) is 64.3 cm³/mol. The second-order valence-corrected chi connectivity index (χ2v) is 4.89. The van der Waals surface area contributed by atoms with Crippen molar-refractivity contribution >= 4 is 5.91 Å². The maximum absolute atomic E-state index is 11.7. The number of hydrogen-bond donors (Lipinski definition) is 2. The van der Waals surface area contributed by atoms with Crippen LogP contribution >= 0.6 is 0 Å².